The molecule has 1 saturated carbocycles. The number of aryl methyl sites for hydroxylation is 1. The van der Waals surface area contributed by atoms with Crippen LogP contribution in [0.15, 0.2) is 96.7 Å². The third kappa shape index (κ3) is 11.3. The molecule has 0 amide bonds. The predicted octanol–water partition coefficient (Wildman–Crippen LogP) is 10.4. The normalized spacial score (nSPS) is 23.6. The van der Waals surface area contributed by atoms with Crippen LogP contribution in [-0.2, 0) is 30.4 Å². The van der Waals surface area contributed by atoms with Crippen molar-refractivity contribution in [3.05, 3.63) is 141 Å². The number of aromatic nitrogens is 1. The number of aromatic amines is 1. The standard InChI is InChI=1S/C68H81N5O8/c1-42(2)35-67(3,77)39-70-40-72-60-18-10-11-30-78-59-33-46(20-25-58(59)76)66-68(60,79-41-73-48-16-8-5-9-17-48)36-55-52-34-54-61(45-19-24-56-44(31-45)27-29-71-56)47(37-69-28-12-15-43-13-6-4-7-14-43)32-53-57(75)26-23-50(62(53)54)63(52)65-51(64(55)81-66)22-21-49(38-74)80-65/h4,6-7,13-14,19-20,23-27,29,31-33,42,48-49,54,60-61,66,69-77H,5,8-9,11-12,15-17,21-22,28,30,34-41H2,1-3H3/t49-,54-,60+,61+,66+,67+,68-/m0/s1. The maximum atomic E-state index is 12.1. The molecular formula is C68H81N5O8. The smallest absolute Gasteiger partial charge is 0.161 e. The summed E-state index contributed by atoms with van der Waals surface area (Å²) in [6.45, 7) is 8.70. The van der Waals surface area contributed by atoms with E-state index >= 15 is 0 Å². The Labute approximate surface area is 477 Å². The molecule has 7 atom stereocenters. The molecule has 3 aliphatic carbocycles. The van der Waals surface area contributed by atoms with Crippen LogP contribution in [0, 0.1) is 17.8 Å². The second-order valence-electron chi connectivity index (χ2n) is 24.4. The number of aliphatic hydroxyl groups is 2. The maximum absolute atomic E-state index is 12.1. The molecule has 0 saturated heterocycles. The lowest BCUT2D eigenvalue weighted by Gasteiger charge is -2.50. The Morgan fingerprint density at radius 1 is 0.877 bits per heavy atom. The van der Waals surface area contributed by atoms with E-state index in [1.54, 1.807) is 6.07 Å². The minimum absolute atomic E-state index is 0.0347. The second kappa shape index (κ2) is 23.9. The molecular weight excluding hydrogens is 1010 g/mol. The highest BCUT2D eigenvalue weighted by atomic mass is 16.6. The van der Waals surface area contributed by atoms with Crippen molar-refractivity contribution < 1.29 is 39.4 Å². The van der Waals surface area contributed by atoms with Gasteiger partial charge in [0.2, 0.25) is 0 Å². The monoisotopic (exact) mass is 1100 g/mol. The van der Waals surface area contributed by atoms with Gasteiger partial charge in [0.05, 0.1) is 25.5 Å². The molecule has 13 heteroatoms. The number of benzene rings is 5. The van der Waals surface area contributed by atoms with E-state index in [1.165, 1.54) is 36.0 Å². The third-order valence-electron chi connectivity index (χ3n) is 18.0. The van der Waals surface area contributed by atoms with Crippen molar-refractivity contribution in [2.24, 2.45) is 5.92 Å². The summed E-state index contributed by atoms with van der Waals surface area (Å²) in [5.41, 5.74) is 10.5. The molecule has 4 heterocycles. The Hall–Kier alpha value is -6.34. The topological polar surface area (TPSA) is 182 Å². The molecule has 12 rings (SSSR count). The summed E-state index contributed by atoms with van der Waals surface area (Å²) in [4.78, 5) is 3.42. The molecule has 81 heavy (non-hydrogen) atoms. The van der Waals surface area contributed by atoms with E-state index in [4.69, 9.17) is 18.9 Å². The molecule has 0 spiro atoms. The van der Waals surface area contributed by atoms with Crippen LogP contribution in [0.3, 0.4) is 0 Å². The lowest BCUT2D eigenvalue weighted by molar-refractivity contribution is -0.144. The minimum Gasteiger partial charge on any atom is -0.507 e. The van der Waals surface area contributed by atoms with Gasteiger partial charge in [-0.2, -0.15) is 0 Å². The molecule has 6 aromatic rings. The van der Waals surface area contributed by atoms with Crippen molar-refractivity contribution in [1.82, 2.24) is 26.3 Å². The lowest BCUT2D eigenvalue weighted by Crippen LogP contribution is -2.62. The molecule has 0 radical (unpaired) electrons. The molecule has 9 N–H and O–H groups in total. The highest BCUT2D eigenvalue weighted by Crippen LogP contribution is 2.62. The number of aromatic hydroxyl groups is 2. The van der Waals surface area contributed by atoms with Gasteiger partial charge in [0.15, 0.2) is 17.6 Å². The van der Waals surface area contributed by atoms with Gasteiger partial charge in [0.25, 0.3) is 0 Å². The van der Waals surface area contributed by atoms with Gasteiger partial charge in [-0.1, -0.05) is 93.5 Å². The third-order valence-corrected chi connectivity index (χ3v) is 18.0. The molecule has 13 nitrogen and oxygen atoms in total. The molecule has 2 bridgehead atoms. The Morgan fingerprint density at radius 2 is 1.72 bits per heavy atom. The van der Waals surface area contributed by atoms with Gasteiger partial charge in [-0.3, -0.25) is 10.6 Å². The first kappa shape index (κ1) is 55.2. The van der Waals surface area contributed by atoms with Crippen molar-refractivity contribution in [2.75, 3.05) is 46.2 Å². The zero-order valence-corrected chi connectivity index (χ0v) is 47.3. The van der Waals surface area contributed by atoms with Gasteiger partial charge in [0.1, 0.15) is 35.0 Å². The SMILES string of the molecule is CC(C)C[C@@](C)(O)CNCN[C@@H]1C#CCCOc2cc(ccc2O)[C@H]2Oc3c(c4c(c5c3CC[C@@H](CO)O5)-c3ccc(O)c5c3[C@@H](C4)[C@H](c3ccc4[nH]ccc4c3)C(CNCCCc3ccccc3)=C5)C[C@@]21OCNC1CCCCC1. The number of fused-ring (bicyclic) bond motifs is 12. The zero-order chi connectivity index (χ0) is 55.7. The average molecular weight is 1100 g/mol. The Morgan fingerprint density at radius 3 is 2.56 bits per heavy atom. The van der Waals surface area contributed by atoms with Crippen molar-refractivity contribution >= 4 is 17.0 Å². The van der Waals surface area contributed by atoms with Crippen molar-refractivity contribution in [1.29, 1.82) is 0 Å². The Bertz CT molecular complexity index is 3320. The van der Waals surface area contributed by atoms with Gasteiger partial charge in [-0.15, -0.1) is 0 Å². The summed E-state index contributed by atoms with van der Waals surface area (Å²) in [5.74, 6) is 9.40. The van der Waals surface area contributed by atoms with Gasteiger partial charge >= 0.3 is 0 Å². The number of hydrogen-bond donors (Lipinski definition) is 9. The Kier molecular flexibility index (Phi) is 16.3. The molecule has 5 aromatic carbocycles. The zero-order valence-electron chi connectivity index (χ0n) is 47.3. The van der Waals surface area contributed by atoms with E-state index in [2.05, 4.69) is 119 Å². The van der Waals surface area contributed by atoms with Crippen LogP contribution in [0.4, 0.5) is 0 Å². The van der Waals surface area contributed by atoms with Gasteiger partial charge in [-0.25, -0.2) is 0 Å². The fourth-order valence-corrected chi connectivity index (χ4v) is 14.4. The molecule has 6 aliphatic rings. The van der Waals surface area contributed by atoms with Gasteiger partial charge in [-0.05, 0) is 163 Å². The number of H-pyrrole nitrogens is 1. The largest absolute Gasteiger partial charge is 0.507 e. The minimum atomic E-state index is -1.20. The van der Waals surface area contributed by atoms with E-state index in [-0.39, 0.29) is 43.3 Å². The van der Waals surface area contributed by atoms with Crippen LogP contribution >= 0.6 is 0 Å². The van der Waals surface area contributed by atoms with Crippen molar-refractivity contribution in [3.63, 3.8) is 0 Å². The number of nitrogens with one attached hydrogen (secondary N) is 5. The average Bonchev–Trinajstić information content (AvgIpc) is 3.48. The van der Waals surface area contributed by atoms with Crippen LogP contribution < -0.4 is 35.5 Å². The highest BCUT2D eigenvalue weighted by Gasteiger charge is 2.55. The number of phenolic OH excluding ortho intramolecular Hbond substituents is 2. The number of ether oxygens (including phenoxy) is 4. The van der Waals surface area contributed by atoms with Crippen LogP contribution in [0.1, 0.15) is 141 Å². The quantitative estimate of drug-likeness (QED) is 0.0213. The molecule has 1 aromatic heterocycles. The fourth-order valence-electron chi connectivity index (χ4n) is 14.4. The number of hydrogen-bond acceptors (Lipinski definition) is 12. The van der Waals surface area contributed by atoms with E-state index in [1.807, 2.05) is 31.3 Å². The number of phenols is 2. The summed E-state index contributed by atoms with van der Waals surface area (Å²) in [6, 6.07) is 28.7. The first-order valence-electron chi connectivity index (χ1n) is 30.0. The van der Waals surface area contributed by atoms with E-state index in [0.717, 1.165) is 93.4 Å². The lowest BCUT2D eigenvalue weighted by atomic mass is 9.62. The van der Waals surface area contributed by atoms with Crippen LogP contribution in [0.5, 0.6) is 28.7 Å². The number of rotatable bonds is 19. The van der Waals surface area contributed by atoms with E-state index in [0.29, 0.717) is 81.7 Å². The molecule has 426 valence electrons. The summed E-state index contributed by atoms with van der Waals surface area (Å²) >= 11 is 0. The number of aliphatic hydroxyl groups excluding tert-OH is 1. The van der Waals surface area contributed by atoms with E-state index in [9.17, 15) is 20.4 Å². The first-order chi connectivity index (χ1) is 39.5. The van der Waals surface area contributed by atoms with Crippen molar-refractivity contribution in [2.45, 2.75) is 152 Å². The first-order valence-corrected chi connectivity index (χ1v) is 30.0. The molecule has 1 fully saturated rings. The van der Waals surface area contributed by atoms with E-state index < -0.39 is 29.5 Å². The second-order valence-corrected chi connectivity index (χ2v) is 24.4. The summed E-state index contributed by atoms with van der Waals surface area (Å²) < 4.78 is 28.8. The molecule has 0 unspecified atom stereocenters. The predicted molar refractivity (Wildman–Crippen MR) is 318 cm³/mol. The summed E-state index contributed by atoms with van der Waals surface area (Å²) in [7, 11) is 0. The van der Waals surface area contributed by atoms with Gasteiger partial charge in [0, 0.05) is 78.5 Å². The van der Waals surface area contributed by atoms with Crippen LogP contribution in [0.2, 0.25) is 0 Å². The Balaban J connectivity index is 1.02. The summed E-state index contributed by atoms with van der Waals surface area (Å²) in [5, 5.41) is 61.9. The van der Waals surface area contributed by atoms with Crippen molar-refractivity contribution in [3.8, 4) is 51.7 Å². The highest BCUT2D eigenvalue weighted by molar-refractivity contribution is 5.90. The van der Waals surface area contributed by atoms with Crippen LogP contribution in [-0.4, -0.2) is 101 Å². The fraction of sp³-hybridized carbons (Fsp3) is 0.471. The van der Waals surface area contributed by atoms with Gasteiger partial charge < -0.3 is 55.0 Å². The molecule has 3 aliphatic heterocycles. The maximum Gasteiger partial charge on any atom is 0.161 e. The summed E-state index contributed by atoms with van der Waals surface area (Å²) in [6.07, 6.45) is 14.0. The van der Waals surface area contributed by atoms with Crippen LogP contribution in [0.25, 0.3) is 28.1 Å².